The Morgan fingerprint density at radius 2 is 0.534 bits per heavy atom. The summed E-state index contributed by atoms with van der Waals surface area (Å²) < 4.78 is 75.5. The van der Waals surface area contributed by atoms with E-state index in [1.165, 1.54) is 48.5 Å². The third kappa shape index (κ3) is 61.6. The van der Waals surface area contributed by atoms with Crippen LogP contribution in [-0.4, -0.2) is 34.4 Å². The summed E-state index contributed by atoms with van der Waals surface area (Å²) in [7, 11) is -2.69. The molecule has 2 N–H and O–H groups in total. The standard InChI is InChI=1S/C6H4ClO2S.C6H5O3S.4C6H5.3C2H6.ClHO3S.3Y/c2*7-10(8,9)6-4-2-1-3-5-6;4*1-2-4-6-5-3-1;3*1-2;1-5(2,3)4;;;/h2-5H;2-5H,(H,7,8,9);4*1-5H;3*1-2H3;(H,2,3,4);;;/q6*-1;;;;;;;. The average Bonchev–Trinajstić information content (AvgIpc) is 3.23. The monoisotopic (exact) mass is 1110 g/mol. The second kappa shape index (κ2) is 52.1. The van der Waals surface area contributed by atoms with Crippen molar-refractivity contribution in [3.8, 4) is 0 Å². The van der Waals surface area contributed by atoms with Crippen LogP contribution >= 0.6 is 21.4 Å². The van der Waals surface area contributed by atoms with Gasteiger partial charge in [-0.05, 0) is 9.79 Å². The summed E-state index contributed by atoms with van der Waals surface area (Å²) in [5.41, 5.74) is 0. The summed E-state index contributed by atoms with van der Waals surface area (Å²) in [5, 5.41) is 0. The van der Waals surface area contributed by atoms with E-state index < -0.39 is 28.5 Å². The summed E-state index contributed by atoms with van der Waals surface area (Å²) >= 11 is 0. The van der Waals surface area contributed by atoms with Gasteiger partial charge in [-0.15, -0.1) is 12.1 Å². The smallest absolute Gasteiger partial charge is 0.283 e. The molecule has 0 aromatic heterocycles. The molecule has 0 fully saturated rings. The van der Waals surface area contributed by atoms with E-state index in [1.807, 2.05) is 163 Å². The van der Waals surface area contributed by atoms with Crippen LogP contribution in [0.5, 0.6) is 0 Å². The Hall–Kier alpha value is -1.02. The van der Waals surface area contributed by atoms with Crippen molar-refractivity contribution in [2.24, 2.45) is 0 Å². The fourth-order valence-electron chi connectivity index (χ4n) is 2.45. The molecule has 58 heavy (non-hydrogen) atoms. The molecule has 0 unspecified atom stereocenters. The van der Waals surface area contributed by atoms with Crippen molar-refractivity contribution < 1.29 is 132 Å². The Labute approximate surface area is 434 Å². The maximum atomic E-state index is 10.6. The van der Waals surface area contributed by atoms with Crippen LogP contribution in [-0.2, 0) is 127 Å². The van der Waals surface area contributed by atoms with Gasteiger partial charge in [0.15, 0.2) is 0 Å². The van der Waals surface area contributed by atoms with E-state index in [-0.39, 0.29) is 108 Å². The first-order chi connectivity index (χ1) is 26.2. The number of benzene rings is 6. The van der Waals surface area contributed by atoms with Crippen LogP contribution < -0.4 is 0 Å². The van der Waals surface area contributed by atoms with Gasteiger partial charge in [-0.3, -0.25) is 9.11 Å². The predicted molar refractivity (Wildman–Crippen MR) is 226 cm³/mol. The minimum atomic E-state index is -4.19. The van der Waals surface area contributed by atoms with Gasteiger partial charge < -0.3 is 0 Å². The zero-order valence-corrected chi connectivity index (χ0v) is 45.7. The van der Waals surface area contributed by atoms with E-state index in [0.717, 1.165) is 0 Å². The quantitative estimate of drug-likeness (QED) is 0.0991. The summed E-state index contributed by atoms with van der Waals surface area (Å²) in [6.45, 7) is 12.0. The summed E-state index contributed by atoms with van der Waals surface area (Å²) in [4.78, 5) is -0.000772. The molecular formula is C42H48Cl2O8S3Y3-6. The van der Waals surface area contributed by atoms with Crippen LogP contribution in [0.15, 0.2) is 180 Å². The van der Waals surface area contributed by atoms with Gasteiger partial charge in [-0.2, -0.15) is 211 Å². The van der Waals surface area contributed by atoms with E-state index in [0.29, 0.717) is 0 Å². The van der Waals surface area contributed by atoms with Crippen LogP contribution in [0.1, 0.15) is 41.5 Å². The molecule has 0 spiro atoms. The topological polar surface area (TPSA) is 143 Å². The molecule has 6 rings (SSSR count). The maximum absolute atomic E-state index is 10.6. The molecule has 0 bridgehead atoms. The Morgan fingerprint density at radius 1 is 0.362 bits per heavy atom. The van der Waals surface area contributed by atoms with Gasteiger partial charge in [0.05, 0.1) is 0 Å². The van der Waals surface area contributed by atoms with E-state index in [9.17, 15) is 16.8 Å². The molecule has 311 valence electrons. The fraction of sp³-hybridized carbons (Fsp3) is 0.143. The molecule has 3 radical (unpaired) electrons. The molecule has 0 amide bonds. The summed E-state index contributed by atoms with van der Waals surface area (Å²) in [6.07, 6.45) is 0. The Kier molecular flexibility index (Phi) is 64.2. The third-order valence-electron chi connectivity index (χ3n) is 4.38. The van der Waals surface area contributed by atoms with Crippen LogP contribution in [0.4, 0.5) is 0 Å². The zero-order chi connectivity index (χ0) is 42.7. The SMILES string of the molecule is CC.CC.CC.O=S(=O)(Cl)c1cc[c-]cc1.O=S(=O)(O)Cl.O=S(=O)(O)c1cc[c-]cc1.[Y].[Y].[Y].[c-]1ccccc1.[c-]1ccccc1.[c-]1ccccc1.[c-]1ccccc1. The van der Waals surface area contributed by atoms with Crippen LogP contribution in [0.3, 0.4) is 0 Å². The van der Waals surface area contributed by atoms with Gasteiger partial charge in [-0.1, -0.05) is 41.5 Å². The first kappa shape index (κ1) is 71.5. The number of halogens is 2. The molecule has 0 aliphatic heterocycles. The summed E-state index contributed by atoms with van der Waals surface area (Å²) in [6, 6.07) is 66.5. The Balaban J connectivity index is -0.000000103. The van der Waals surface area contributed by atoms with Crippen molar-refractivity contribution in [1.29, 1.82) is 0 Å². The van der Waals surface area contributed by atoms with Gasteiger partial charge >= 0.3 is 9.33 Å². The van der Waals surface area contributed by atoms with Gasteiger partial charge in [0.1, 0.15) is 0 Å². The molecule has 0 saturated heterocycles. The molecule has 6 aromatic carbocycles. The molecule has 0 saturated carbocycles. The summed E-state index contributed by atoms with van der Waals surface area (Å²) in [5.74, 6) is 0. The Bertz CT molecular complexity index is 1620. The van der Waals surface area contributed by atoms with Crippen LogP contribution in [0, 0.1) is 36.4 Å². The number of hydrogen-bond acceptors (Lipinski definition) is 6. The Morgan fingerprint density at radius 3 is 0.621 bits per heavy atom. The molecule has 0 atom stereocenters. The van der Waals surface area contributed by atoms with Crippen molar-refractivity contribution in [2.45, 2.75) is 51.3 Å². The zero-order valence-electron chi connectivity index (χ0n) is 33.2. The minimum absolute atomic E-state index is 0. The second-order valence-electron chi connectivity index (χ2n) is 8.11. The van der Waals surface area contributed by atoms with E-state index in [2.05, 4.69) is 47.1 Å². The van der Waals surface area contributed by atoms with E-state index in [1.54, 1.807) is 0 Å². The molecule has 16 heteroatoms. The molecule has 0 heterocycles. The number of hydrogen-bond donors (Lipinski definition) is 2. The largest absolute Gasteiger partial charge is 0.353 e. The minimum Gasteiger partial charge on any atom is -0.283 e. The van der Waals surface area contributed by atoms with Gasteiger partial charge in [-0.25, -0.2) is 8.42 Å². The maximum Gasteiger partial charge on any atom is 0.353 e. The van der Waals surface area contributed by atoms with Crippen molar-refractivity contribution >= 4 is 49.9 Å². The molecule has 8 nitrogen and oxygen atoms in total. The van der Waals surface area contributed by atoms with Gasteiger partial charge in [0, 0.05) is 119 Å². The first-order valence-corrected chi connectivity index (χ1v) is 22.4. The normalized spacial score (nSPS) is 8.52. The van der Waals surface area contributed by atoms with Crippen molar-refractivity contribution in [3.05, 3.63) is 206 Å². The fourth-order valence-corrected chi connectivity index (χ4v) is 3.70. The third-order valence-corrected chi connectivity index (χ3v) is 6.62. The van der Waals surface area contributed by atoms with Crippen molar-refractivity contribution in [1.82, 2.24) is 0 Å². The van der Waals surface area contributed by atoms with Crippen LogP contribution in [0.25, 0.3) is 0 Å². The average molecular weight is 1110 g/mol. The van der Waals surface area contributed by atoms with E-state index >= 15 is 0 Å². The number of rotatable bonds is 2. The molecule has 0 aliphatic carbocycles. The van der Waals surface area contributed by atoms with Crippen molar-refractivity contribution in [3.63, 3.8) is 0 Å². The first-order valence-electron chi connectivity index (χ1n) is 16.4. The molecule has 6 aromatic rings. The second-order valence-corrected chi connectivity index (χ2v) is 14.1. The van der Waals surface area contributed by atoms with Gasteiger partial charge in [0.25, 0.3) is 10.1 Å². The predicted octanol–water partition coefficient (Wildman–Crippen LogP) is 11.2. The van der Waals surface area contributed by atoms with Crippen molar-refractivity contribution in [2.75, 3.05) is 0 Å². The molecular weight excluding hydrogens is 1070 g/mol. The van der Waals surface area contributed by atoms with Gasteiger partial charge in [0.2, 0.25) is 9.05 Å². The van der Waals surface area contributed by atoms with Crippen LogP contribution in [0.2, 0.25) is 0 Å². The van der Waals surface area contributed by atoms with E-state index in [4.69, 9.17) is 28.2 Å². The molecule has 0 aliphatic rings.